The van der Waals surface area contributed by atoms with E-state index in [0.29, 0.717) is 4.75 Å². The summed E-state index contributed by atoms with van der Waals surface area (Å²) in [6.07, 6.45) is 1.16. The third kappa shape index (κ3) is 4.47. The minimum Gasteiger partial charge on any atom is -0.316 e. The topological polar surface area (TPSA) is 15.3 Å². The number of nitrogens with zero attached hydrogens (tertiary/aromatic N) is 1. The van der Waals surface area contributed by atoms with E-state index in [4.69, 9.17) is 0 Å². The summed E-state index contributed by atoms with van der Waals surface area (Å²) in [6.45, 7) is 8.21. The van der Waals surface area contributed by atoms with Crippen LogP contribution < -0.4 is 5.32 Å². The Hall–Kier alpha value is -0.580. The summed E-state index contributed by atoms with van der Waals surface area (Å²) < 4.78 is 14.3. The highest BCUT2D eigenvalue weighted by atomic mass is 32.2. The van der Waals surface area contributed by atoms with Crippen LogP contribution in [-0.2, 0) is 13.1 Å². The zero-order valence-corrected chi connectivity index (χ0v) is 13.5. The Morgan fingerprint density at radius 3 is 2.90 bits per heavy atom. The Balaban J connectivity index is 2.03. The van der Waals surface area contributed by atoms with E-state index in [1.165, 1.54) is 0 Å². The molecular formula is C16H25FN2S. The Labute approximate surface area is 126 Å². The summed E-state index contributed by atoms with van der Waals surface area (Å²) in [5, 5.41) is 3.12. The van der Waals surface area contributed by atoms with E-state index in [1.807, 2.05) is 30.9 Å². The van der Waals surface area contributed by atoms with Gasteiger partial charge in [-0.25, -0.2) is 4.39 Å². The number of rotatable bonds is 4. The molecule has 1 aromatic rings. The second kappa shape index (κ2) is 6.92. The van der Waals surface area contributed by atoms with Crippen LogP contribution in [0.15, 0.2) is 18.2 Å². The second-order valence-corrected chi connectivity index (χ2v) is 7.89. The summed E-state index contributed by atoms with van der Waals surface area (Å²) in [7, 11) is 1.91. The molecule has 0 radical (unpaired) electrons. The lowest BCUT2D eigenvalue weighted by molar-refractivity contribution is 0.272. The SMILES string of the molecule is CNCc1ccc(F)c(CN2CCSC(C)(C)CC2)c1. The molecule has 0 atom stereocenters. The molecule has 1 aliphatic rings. The normalized spacial score (nSPS) is 19.8. The van der Waals surface area contributed by atoms with Gasteiger partial charge in [0, 0.05) is 35.7 Å². The monoisotopic (exact) mass is 296 g/mol. The van der Waals surface area contributed by atoms with Crippen LogP contribution >= 0.6 is 11.8 Å². The lowest BCUT2D eigenvalue weighted by atomic mass is 10.1. The van der Waals surface area contributed by atoms with Crippen molar-refractivity contribution in [2.45, 2.75) is 38.1 Å². The van der Waals surface area contributed by atoms with Crippen LogP contribution in [0.2, 0.25) is 0 Å². The number of thioether (sulfide) groups is 1. The molecule has 0 unspecified atom stereocenters. The molecule has 0 spiro atoms. The van der Waals surface area contributed by atoms with Gasteiger partial charge < -0.3 is 5.32 Å². The first-order chi connectivity index (χ1) is 9.50. The molecule has 112 valence electrons. The minimum atomic E-state index is -0.0824. The molecule has 4 heteroatoms. The van der Waals surface area contributed by atoms with Gasteiger partial charge in [0.05, 0.1) is 0 Å². The maximum atomic E-state index is 14.0. The quantitative estimate of drug-likeness (QED) is 0.918. The fraction of sp³-hybridized carbons (Fsp3) is 0.625. The molecule has 0 amide bonds. The fourth-order valence-corrected chi connectivity index (χ4v) is 3.66. The Morgan fingerprint density at radius 2 is 2.15 bits per heavy atom. The van der Waals surface area contributed by atoms with Gasteiger partial charge in [0.15, 0.2) is 0 Å². The molecule has 1 heterocycles. The van der Waals surface area contributed by atoms with Crippen LogP contribution in [0.25, 0.3) is 0 Å². The van der Waals surface area contributed by atoms with Gasteiger partial charge in [-0.05, 0) is 31.6 Å². The smallest absolute Gasteiger partial charge is 0.127 e. The molecule has 2 rings (SSSR count). The van der Waals surface area contributed by atoms with Crippen LogP contribution in [0.5, 0.6) is 0 Å². The van der Waals surface area contributed by atoms with E-state index < -0.39 is 0 Å². The van der Waals surface area contributed by atoms with E-state index in [9.17, 15) is 4.39 Å². The van der Waals surface area contributed by atoms with Gasteiger partial charge >= 0.3 is 0 Å². The maximum absolute atomic E-state index is 14.0. The predicted octanol–water partition coefficient (Wildman–Crippen LogP) is 3.26. The van der Waals surface area contributed by atoms with Crippen molar-refractivity contribution in [3.63, 3.8) is 0 Å². The van der Waals surface area contributed by atoms with Crippen LogP contribution in [0.1, 0.15) is 31.4 Å². The molecule has 1 fully saturated rings. The first-order valence-electron chi connectivity index (χ1n) is 7.28. The van der Waals surface area contributed by atoms with Gasteiger partial charge in [0.1, 0.15) is 5.82 Å². The third-order valence-electron chi connectivity index (χ3n) is 3.82. The number of hydrogen-bond acceptors (Lipinski definition) is 3. The molecule has 0 bridgehead atoms. The van der Waals surface area contributed by atoms with Crippen molar-refractivity contribution in [1.29, 1.82) is 0 Å². The molecular weight excluding hydrogens is 271 g/mol. The van der Waals surface area contributed by atoms with Crippen LogP contribution in [0.4, 0.5) is 4.39 Å². The minimum absolute atomic E-state index is 0.0824. The van der Waals surface area contributed by atoms with E-state index in [0.717, 1.165) is 49.5 Å². The highest BCUT2D eigenvalue weighted by Gasteiger charge is 2.24. The first kappa shape index (κ1) is 15.8. The van der Waals surface area contributed by atoms with Crippen molar-refractivity contribution >= 4 is 11.8 Å². The number of benzene rings is 1. The molecule has 1 saturated heterocycles. The van der Waals surface area contributed by atoms with Gasteiger partial charge in [-0.3, -0.25) is 4.90 Å². The predicted molar refractivity (Wildman–Crippen MR) is 85.6 cm³/mol. The summed E-state index contributed by atoms with van der Waals surface area (Å²) in [6, 6.07) is 5.45. The summed E-state index contributed by atoms with van der Waals surface area (Å²) in [5.41, 5.74) is 1.97. The van der Waals surface area contributed by atoms with Crippen molar-refractivity contribution in [1.82, 2.24) is 10.2 Å². The van der Waals surface area contributed by atoms with Crippen molar-refractivity contribution in [2.24, 2.45) is 0 Å². The summed E-state index contributed by atoms with van der Waals surface area (Å²) in [5.74, 6) is 1.05. The molecule has 0 aromatic heterocycles. The Bertz CT molecular complexity index is 448. The van der Waals surface area contributed by atoms with Gasteiger partial charge in [-0.2, -0.15) is 11.8 Å². The standard InChI is InChI=1S/C16H25FN2S/c1-16(2)6-7-19(8-9-20-16)12-14-10-13(11-18-3)4-5-15(14)17/h4-5,10,18H,6-9,11-12H2,1-3H3. The van der Waals surface area contributed by atoms with Crippen molar-refractivity contribution in [3.05, 3.63) is 35.1 Å². The third-order valence-corrected chi connectivity index (χ3v) is 5.19. The van der Waals surface area contributed by atoms with Gasteiger partial charge in [0.25, 0.3) is 0 Å². The van der Waals surface area contributed by atoms with Gasteiger partial charge in [-0.1, -0.05) is 26.0 Å². The molecule has 20 heavy (non-hydrogen) atoms. The number of nitrogens with one attached hydrogen (secondary N) is 1. The highest BCUT2D eigenvalue weighted by Crippen LogP contribution is 2.31. The van der Waals surface area contributed by atoms with Crippen molar-refractivity contribution in [3.8, 4) is 0 Å². The molecule has 1 N–H and O–H groups in total. The second-order valence-electron chi connectivity index (χ2n) is 6.09. The maximum Gasteiger partial charge on any atom is 0.127 e. The molecule has 1 aromatic carbocycles. The largest absolute Gasteiger partial charge is 0.316 e. The van der Waals surface area contributed by atoms with Crippen LogP contribution in [-0.4, -0.2) is 35.5 Å². The van der Waals surface area contributed by atoms with Gasteiger partial charge in [-0.15, -0.1) is 0 Å². The summed E-state index contributed by atoms with van der Waals surface area (Å²) >= 11 is 2.03. The van der Waals surface area contributed by atoms with E-state index in [-0.39, 0.29) is 5.82 Å². The summed E-state index contributed by atoms with van der Waals surface area (Å²) in [4.78, 5) is 2.38. The van der Waals surface area contributed by atoms with E-state index in [1.54, 1.807) is 6.07 Å². The lowest BCUT2D eigenvalue weighted by Crippen LogP contribution is -2.27. The van der Waals surface area contributed by atoms with E-state index >= 15 is 0 Å². The molecule has 0 saturated carbocycles. The zero-order valence-electron chi connectivity index (χ0n) is 12.7. The van der Waals surface area contributed by atoms with Gasteiger partial charge in [0.2, 0.25) is 0 Å². The fourth-order valence-electron chi connectivity index (χ4n) is 2.52. The highest BCUT2D eigenvalue weighted by molar-refractivity contribution is 8.00. The molecule has 1 aliphatic heterocycles. The number of hydrogen-bond donors (Lipinski definition) is 1. The Morgan fingerprint density at radius 1 is 1.35 bits per heavy atom. The lowest BCUT2D eigenvalue weighted by Gasteiger charge is -2.23. The zero-order chi connectivity index (χ0) is 14.6. The average Bonchev–Trinajstić information content (AvgIpc) is 2.55. The average molecular weight is 296 g/mol. The van der Waals surface area contributed by atoms with E-state index in [2.05, 4.69) is 24.1 Å². The molecule has 0 aliphatic carbocycles. The van der Waals surface area contributed by atoms with Crippen molar-refractivity contribution in [2.75, 3.05) is 25.9 Å². The van der Waals surface area contributed by atoms with Crippen molar-refractivity contribution < 1.29 is 4.39 Å². The van der Waals surface area contributed by atoms with Crippen LogP contribution in [0.3, 0.4) is 0 Å². The number of halogens is 1. The Kier molecular flexibility index (Phi) is 5.47. The molecule has 2 nitrogen and oxygen atoms in total. The first-order valence-corrected chi connectivity index (χ1v) is 8.27. The van der Waals surface area contributed by atoms with Crippen LogP contribution in [0, 0.1) is 5.82 Å².